The van der Waals surface area contributed by atoms with E-state index >= 15 is 0 Å². The Balaban J connectivity index is 1.48. The second-order valence-corrected chi connectivity index (χ2v) is 9.08. The quantitative estimate of drug-likeness (QED) is 0.584. The van der Waals surface area contributed by atoms with Gasteiger partial charge in [-0.25, -0.2) is 0 Å². The summed E-state index contributed by atoms with van der Waals surface area (Å²) in [5, 5.41) is 1.94. The minimum absolute atomic E-state index is 0.0511. The molecule has 4 rings (SSSR count). The fraction of sp³-hybridized carbons (Fsp3) is 0.364. The van der Waals surface area contributed by atoms with Gasteiger partial charge >= 0.3 is 0 Å². The maximum atomic E-state index is 13.1. The van der Waals surface area contributed by atoms with Crippen molar-refractivity contribution in [2.24, 2.45) is 5.92 Å². The Bertz CT molecular complexity index is 952. The van der Waals surface area contributed by atoms with E-state index in [0.717, 1.165) is 35.9 Å². The predicted octanol–water partition coefficient (Wildman–Crippen LogP) is 3.84. The molecule has 1 aromatic carbocycles. The maximum Gasteiger partial charge on any atom is 0.275 e. The van der Waals surface area contributed by atoms with Gasteiger partial charge in [-0.05, 0) is 42.2 Å². The molecule has 3 heterocycles. The summed E-state index contributed by atoms with van der Waals surface area (Å²) in [5.74, 6) is 0.347. The van der Waals surface area contributed by atoms with Crippen LogP contribution in [0.15, 0.2) is 54.0 Å². The second kappa shape index (κ2) is 9.49. The van der Waals surface area contributed by atoms with Crippen LogP contribution in [-0.2, 0) is 6.42 Å². The molecular formula is C22H24N4O2S2. The third kappa shape index (κ3) is 4.60. The topological polar surface area (TPSA) is 66.4 Å². The van der Waals surface area contributed by atoms with E-state index < -0.39 is 0 Å². The number of hydrogen-bond acceptors (Lipinski definition) is 6. The monoisotopic (exact) mass is 440 g/mol. The van der Waals surface area contributed by atoms with Crippen LogP contribution in [0, 0.1) is 5.92 Å². The van der Waals surface area contributed by atoms with E-state index in [0.29, 0.717) is 24.7 Å². The van der Waals surface area contributed by atoms with E-state index in [9.17, 15) is 9.59 Å². The van der Waals surface area contributed by atoms with Crippen molar-refractivity contribution in [2.45, 2.75) is 25.3 Å². The lowest BCUT2D eigenvalue weighted by atomic mass is 9.84. The summed E-state index contributed by atoms with van der Waals surface area (Å²) in [4.78, 5) is 30.2. The summed E-state index contributed by atoms with van der Waals surface area (Å²) < 4.78 is 8.00. The minimum atomic E-state index is -0.0511. The molecule has 1 saturated heterocycles. The van der Waals surface area contributed by atoms with E-state index in [4.69, 9.17) is 0 Å². The molecule has 0 bridgehead atoms. The average Bonchev–Trinajstić information content (AvgIpc) is 3.51. The Morgan fingerprint density at radius 1 is 1.17 bits per heavy atom. The minimum Gasteiger partial charge on any atom is -0.337 e. The van der Waals surface area contributed by atoms with Crippen LogP contribution in [-0.4, -0.2) is 56.5 Å². The van der Waals surface area contributed by atoms with Crippen LogP contribution >= 0.6 is 23.1 Å². The van der Waals surface area contributed by atoms with Crippen molar-refractivity contribution in [1.29, 1.82) is 0 Å². The number of carbonyl (C=O) groups excluding carboxylic acids is 2. The zero-order valence-electron chi connectivity index (χ0n) is 16.8. The second-order valence-electron chi connectivity index (χ2n) is 7.57. The molecule has 1 atom stereocenters. The van der Waals surface area contributed by atoms with Crippen molar-refractivity contribution in [3.05, 3.63) is 70.2 Å². The summed E-state index contributed by atoms with van der Waals surface area (Å²) in [5.41, 5.74) is 1.64. The van der Waals surface area contributed by atoms with Crippen molar-refractivity contribution in [2.75, 3.05) is 20.1 Å². The number of benzene rings is 1. The van der Waals surface area contributed by atoms with Gasteiger partial charge in [0.05, 0.1) is 22.8 Å². The maximum absolute atomic E-state index is 13.1. The first-order valence-corrected chi connectivity index (χ1v) is 11.7. The molecule has 30 heavy (non-hydrogen) atoms. The molecule has 1 aliphatic heterocycles. The third-order valence-electron chi connectivity index (χ3n) is 5.79. The number of nitrogens with zero attached hydrogens (tertiary/aromatic N) is 4. The van der Waals surface area contributed by atoms with Gasteiger partial charge in [0.15, 0.2) is 5.69 Å². The number of aromatic nitrogens is 2. The molecule has 6 nitrogen and oxygen atoms in total. The normalized spacial score (nSPS) is 15.7. The highest BCUT2D eigenvalue weighted by atomic mass is 32.1. The van der Waals surface area contributed by atoms with Crippen LogP contribution in [0.2, 0.25) is 0 Å². The number of hydrogen-bond donors (Lipinski definition) is 0. The van der Waals surface area contributed by atoms with Crippen LogP contribution in [0.3, 0.4) is 0 Å². The SMILES string of the molecule is CN(C(=O)c1cccs1)[C@@H](Cc1ccccc1)C1CCN(C(=O)c2cnsn2)CC1. The lowest BCUT2D eigenvalue weighted by molar-refractivity contribution is 0.0523. The van der Waals surface area contributed by atoms with Gasteiger partial charge in [0, 0.05) is 26.2 Å². The molecule has 0 saturated carbocycles. The number of amides is 2. The highest BCUT2D eigenvalue weighted by molar-refractivity contribution is 7.12. The number of rotatable bonds is 6. The molecule has 0 spiro atoms. The van der Waals surface area contributed by atoms with Gasteiger partial charge in [-0.15, -0.1) is 11.3 Å². The van der Waals surface area contributed by atoms with Crippen molar-refractivity contribution >= 4 is 34.9 Å². The van der Waals surface area contributed by atoms with Crippen molar-refractivity contribution < 1.29 is 9.59 Å². The molecule has 0 unspecified atom stereocenters. The fourth-order valence-electron chi connectivity index (χ4n) is 4.11. The smallest absolute Gasteiger partial charge is 0.275 e. The van der Waals surface area contributed by atoms with Crippen LogP contribution in [0.25, 0.3) is 0 Å². The van der Waals surface area contributed by atoms with E-state index in [1.54, 1.807) is 0 Å². The average molecular weight is 441 g/mol. The Morgan fingerprint density at radius 2 is 1.93 bits per heavy atom. The molecule has 2 aromatic heterocycles. The molecule has 2 amide bonds. The van der Waals surface area contributed by atoms with Gasteiger partial charge in [0.25, 0.3) is 11.8 Å². The number of carbonyl (C=O) groups is 2. The van der Waals surface area contributed by atoms with Gasteiger partial charge in [0.1, 0.15) is 0 Å². The first-order chi connectivity index (χ1) is 14.6. The van der Waals surface area contributed by atoms with Gasteiger partial charge < -0.3 is 9.80 Å². The number of likely N-dealkylation sites (N-methyl/N-ethyl adjacent to an activating group) is 1. The van der Waals surface area contributed by atoms with Gasteiger partial charge in [-0.1, -0.05) is 36.4 Å². The Labute approximate surface area is 184 Å². The summed E-state index contributed by atoms with van der Waals surface area (Å²) in [6, 6.07) is 14.2. The highest BCUT2D eigenvalue weighted by Gasteiger charge is 2.33. The zero-order valence-corrected chi connectivity index (χ0v) is 18.4. The third-order valence-corrected chi connectivity index (χ3v) is 7.12. The Kier molecular flexibility index (Phi) is 6.54. The predicted molar refractivity (Wildman–Crippen MR) is 119 cm³/mol. The number of likely N-dealkylation sites (tertiary alicyclic amines) is 1. The number of thiophene rings is 1. The highest BCUT2D eigenvalue weighted by Crippen LogP contribution is 2.28. The molecule has 3 aromatic rings. The number of piperidine rings is 1. The Hall–Kier alpha value is -2.58. The van der Waals surface area contributed by atoms with Crippen molar-refractivity contribution in [3.63, 3.8) is 0 Å². The summed E-state index contributed by atoms with van der Waals surface area (Å²) in [7, 11) is 1.91. The standard InChI is InChI=1S/C22H24N4O2S2/c1-25(22(28)20-8-5-13-29-20)19(14-16-6-3-2-4-7-16)17-9-11-26(12-10-17)21(27)18-15-23-30-24-18/h2-8,13,15,17,19H,9-12,14H2,1H3/t19-/m0/s1. The van der Waals surface area contributed by atoms with Crippen molar-refractivity contribution in [3.8, 4) is 0 Å². The zero-order chi connectivity index (χ0) is 20.9. The molecule has 0 aliphatic carbocycles. The molecule has 8 heteroatoms. The van der Waals surface area contributed by atoms with Crippen molar-refractivity contribution in [1.82, 2.24) is 18.5 Å². The largest absolute Gasteiger partial charge is 0.337 e. The van der Waals surface area contributed by atoms with Crippen LogP contribution < -0.4 is 0 Å². The van der Waals surface area contributed by atoms with E-state index in [-0.39, 0.29) is 17.9 Å². The van der Waals surface area contributed by atoms with E-state index in [2.05, 4.69) is 20.9 Å². The summed E-state index contributed by atoms with van der Waals surface area (Å²) in [6.07, 6.45) is 4.07. The van der Waals surface area contributed by atoms with Gasteiger partial charge in [0.2, 0.25) is 0 Å². The summed E-state index contributed by atoms with van der Waals surface area (Å²) >= 11 is 2.53. The lowest BCUT2D eigenvalue weighted by Gasteiger charge is -2.40. The Morgan fingerprint density at radius 3 is 2.57 bits per heavy atom. The first kappa shape index (κ1) is 20.7. The summed E-state index contributed by atoms with van der Waals surface area (Å²) in [6.45, 7) is 1.35. The first-order valence-electron chi connectivity index (χ1n) is 10.0. The molecule has 1 aliphatic rings. The molecule has 156 valence electrons. The van der Waals surface area contributed by atoms with E-state index in [1.165, 1.54) is 23.1 Å². The molecular weight excluding hydrogens is 416 g/mol. The van der Waals surface area contributed by atoms with E-state index in [1.807, 2.05) is 52.6 Å². The van der Waals surface area contributed by atoms with Gasteiger partial charge in [-0.3, -0.25) is 9.59 Å². The van der Waals surface area contributed by atoms with Crippen LogP contribution in [0.5, 0.6) is 0 Å². The van der Waals surface area contributed by atoms with Crippen LogP contribution in [0.4, 0.5) is 0 Å². The molecule has 1 fully saturated rings. The lowest BCUT2D eigenvalue weighted by Crippen LogP contribution is -2.48. The molecule has 0 N–H and O–H groups in total. The van der Waals surface area contributed by atoms with Crippen LogP contribution in [0.1, 0.15) is 38.6 Å². The van der Waals surface area contributed by atoms with Gasteiger partial charge in [-0.2, -0.15) is 8.75 Å². The fourth-order valence-corrected chi connectivity index (χ4v) is 5.22. The molecule has 0 radical (unpaired) electrons.